The van der Waals surface area contributed by atoms with Crippen LogP contribution >= 0.6 is 0 Å². The number of aliphatic hydroxyl groups excluding tert-OH is 1. The summed E-state index contributed by atoms with van der Waals surface area (Å²) in [5.41, 5.74) is 7.60. The van der Waals surface area contributed by atoms with Crippen molar-refractivity contribution in [3.63, 3.8) is 0 Å². The van der Waals surface area contributed by atoms with Gasteiger partial charge in [0, 0.05) is 49.2 Å². The number of aromatic nitrogens is 2. The van der Waals surface area contributed by atoms with Crippen molar-refractivity contribution in [3.05, 3.63) is 112 Å². The fraction of sp³-hybridized carbons (Fsp3) is 0.465. The first-order valence-electron chi connectivity index (χ1n) is 19.3. The average Bonchev–Trinajstić information content (AvgIpc) is 3.61. The molecule has 3 aromatic carbocycles. The summed E-state index contributed by atoms with van der Waals surface area (Å²) < 4.78 is 28.2. The van der Waals surface area contributed by atoms with E-state index in [2.05, 4.69) is 76.5 Å². The van der Waals surface area contributed by atoms with E-state index in [-0.39, 0.29) is 11.6 Å². The van der Waals surface area contributed by atoms with E-state index >= 15 is 0 Å². The molecule has 1 aliphatic carbocycles. The molecule has 4 aromatic rings. The van der Waals surface area contributed by atoms with Gasteiger partial charge >= 0.3 is 6.01 Å². The largest absolute Gasteiger partial charge is 0.461 e. The molecule has 0 amide bonds. The number of aliphatic hydroxyl groups is 1. The van der Waals surface area contributed by atoms with Gasteiger partial charge in [0.05, 0.1) is 40.9 Å². The molecule has 9 heteroatoms. The minimum absolute atomic E-state index is 0.284. The molecule has 1 N–H and O–H groups in total. The zero-order valence-electron chi connectivity index (χ0n) is 29.9. The molecule has 4 aliphatic heterocycles. The highest BCUT2D eigenvalue weighted by atomic mass is 19.1. The number of benzene rings is 3. The molecule has 5 aliphatic rings. The van der Waals surface area contributed by atoms with Crippen molar-refractivity contribution in [1.29, 1.82) is 0 Å². The molecule has 0 bridgehead atoms. The third kappa shape index (κ3) is 6.41. The van der Waals surface area contributed by atoms with Gasteiger partial charge in [0.25, 0.3) is 0 Å². The predicted molar refractivity (Wildman–Crippen MR) is 200 cm³/mol. The van der Waals surface area contributed by atoms with E-state index in [0.717, 1.165) is 97.6 Å². The molecule has 1 spiro atoms. The van der Waals surface area contributed by atoms with Gasteiger partial charge in [0.15, 0.2) is 0 Å². The quantitative estimate of drug-likeness (QED) is 0.203. The molecule has 52 heavy (non-hydrogen) atoms. The zero-order chi connectivity index (χ0) is 35.1. The molecule has 1 aromatic heterocycles. The number of aryl methyl sites for hydroxylation is 1. The van der Waals surface area contributed by atoms with Crippen LogP contribution in [0.15, 0.2) is 83.9 Å². The molecule has 3 saturated heterocycles. The van der Waals surface area contributed by atoms with E-state index in [1.165, 1.54) is 11.1 Å². The standard InChI is InChI=1S/C43H48FN5O3/c44-33-25-42(19-9-22-49(42)27-33)29-51-41-46-38-26-43(52-28-36(38)40(47-41)48-21-8-15-35(50)18-23-48)20-7-14-30-16-17-34(24-37(30)43)45-39(31-10-3-1-4-11-31)32-12-5-2-6-13-32/h1-6,10-13,16-17,24,33,35,50H,7-9,14-15,18-23,25-29H2/t33-,35?,42+,43?/m1/s1. The van der Waals surface area contributed by atoms with Crippen LogP contribution in [0.4, 0.5) is 15.9 Å². The van der Waals surface area contributed by atoms with Crippen molar-refractivity contribution in [2.45, 2.75) is 94.2 Å². The van der Waals surface area contributed by atoms with E-state index in [1.807, 2.05) is 12.1 Å². The Morgan fingerprint density at radius 3 is 2.54 bits per heavy atom. The van der Waals surface area contributed by atoms with Crippen LogP contribution < -0.4 is 9.64 Å². The highest BCUT2D eigenvalue weighted by molar-refractivity contribution is 6.13. The summed E-state index contributed by atoms with van der Waals surface area (Å²) in [5, 5.41) is 10.5. The van der Waals surface area contributed by atoms with Gasteiger partial charge in [-0.3, -0.25) is 4.90 Å². The molecule has 270 valence electrons. The summed E-state index contributed by atoms with van der Waals surface area (Å²) in [6, 6.07) is 27.7. The van der Waals surface area contributed by atoms with Crippen molar-refractivity contribution in [2.75, 3.05) is 37.7 Å². The first-order chi connectivity index (χ1) is 25.5. The van der Waals surface area contributed by atoms with Crippen molar-refractivity contribution in [3.8, 4) is 6.01 Å². The van der Waals surface area contributed by atoms with Crippen LogP contribution in [0.3, 0.4) is 0 Å². The number of ether oxygens (including phenoxy) is 2. The fourth-order valence-electron chi connectivity index (χ4n) is 9.51. The second-order valence-corrected chi connectivity index (χ2v) is 15.5. The van der Waals surface area contributed by atoms with Crippen LogP contribution in [0.5, 0.6) is 6.01 Å². The lowest BCUT2D eigenvalue weighted by molar-refractivity contribution is -0.0855. The van der Waals surface area contributed by atoms with E-state index in [4.69, 9.17) is 24.4 Å². The molecule has 8 nitrogen and oxygen atoms in total. The van der Waals surface area contributed by atoms with Gasteiger partial charge in [-0.1, -0.05) is 66.7 Å². The second-order valence-electron chi connectivity index (χ2n) is 15.5. The number of nitrogens with zero attached hydrogens (tertiary/aromatic N) is 5. The topological polar surface area (TPSA) is 83.3 Å². The Morgan fingerprint density at radius 1 is 0.923 bits per heavy atom. The fourth-order valence-corrected chi connectivity index (χ4v) is 9.51. The maximum absolute atomic E-state index is 14.6. The van der Waals surface area contributed by atoms with Crippen LogP contribution in [0.2, 0.25) is 0 Å². The van der Waals surface area contributed by atoms with E-state index in [1.54, 1.807) is 0 Å². The van der Waals surface area contributed by atoms with Gasteiger partial charge < -0.3 is 19.5 Å². The summed E-state index contributed by atoms with van der Waals surface area (Å²) in [7, 11) is 0. The second kappa shape index (κ2) is 14.0. The number of hydrogen-bond acceptors (Lipinski definition) is 8. The molecule has 9 rings (SSSR count). The summed E-state index contributed by atoms with van der Waals surface area (Å²) in [6.45, 7) is 3.71. The number of fused-ring (bicyclic) bond motifs is 4. The lowest BCUT2D eigenvalue weighted by atomic mass is 9.74. The summed E-state index contributed by atoms with van der Waals surface area (Å²) in [6.07, 6.45) is 7.27. The Hall–Kier alpha value is -4.18. The number of alkyl halides is 1. The molecule has 4 atom stereocenters. The van der Waals surface area contributed by atoms with Gasteiger partial charge in [0.1, 0.15) is 18.6 Å². The molecule has 2 unspecified atom stereocenters. The Kier molecular flexibility index (Phi) is 9.05. The van der Waals surface area contributed by atoms with Gasteiger partial charge in [0.2, 0.25) is 0 Å². The number of halogens is 1. The van der Waals surface area contributed by atoms with Crippen molar-refractivity contribution < 1.29 is 19.0 Å². The minimum Gasteiger partial charge on any atom is -0.461 e. The molecule has 5 heterocycles. The van der Waals surface area contributed by atoms with Crippen molar-refractivity contribution >= 4 is 17.2 Å². The molecule has 0 saturated carbocycles. The highest BCUT2D eigenvalue weighted by Crippen LogP contribution is 2.47. The summed E-state index contributed by atoms with van der Waals surface area (Å²) in [4.78, 5) is 20.0. The van der Waals surface area contributed by atoms with Crippen LogP contribution in [0, 0.1) is 0 Å². The number of rotatable bonds is 7. The lowest BCUT2D eigenvalue weighted by Crippen LogP contribution is -2.44. The van der Waals surface area contributed by atoms with Crippen LogP contribution in [0.25, 0.3) is 0 Å². The number of aliphatic imine (C=N–C) groups is 1. The minimum atomic E-state index is -0.818. The zero-order valence-corrected chi connectivity index (χ0v) is 29.9. The van der Waals surface area contributed by atoms with Crippen LogP contribution in [0.1, 0.15) is 84.9 Å². The lowest BCUT2D eigenvalue weighted by Gasteiger charge is -2.43. The molecule has 0 radical (unpaired) electrons. The Morgan fingerprint density at radius 2 is 1.73 bits per heavy atom. The molecular formula is C43H48FN5O3. The average molecular weight is 702 g/mol. The van der Waals surface area contributed by atoms with Crippen LogP contribution in [-0.4, -0.2) is 76.3 Å². The first-order valence-corrected chi connectivity index (χ1v) is 19.3. The van der Waals surface area contributed by atoms with Crippen LogP contribution in [-0.2, 0) is 29.8 Å². The van der Waals surface area contributed by atoms with Crippen molar-refractivity contribution in [2.24, 2.45) is 4.99 Å². The normalized spacial score (nSPS) is 27.1. The predicted octanol–water partition coefficient (Wildman–Crippen LogP) is 7.26. The maximum Gasteiger partial charge on any atom is 0.318 e. The Labute approximate surface area is 305 Å². The smallest absolute Gasteiger partial charge is 0.318 e. The monoisotopic (exact) mass is 701 g/mol. The highest BCUT2D eigenvalue weighted by Gasteiger charge is 2.50. The third-order valence-corrected chi connectivity index (χ3v) is 12.2. The van der Waals surface area contributed by atoms with E-state index < -0.39 is 11.8 Å². The van der Waals surface area contributed by atoms with Gasteiger partial charge in [-0.05, 0) is 81.2 Å². The van der Waals surface area contributed by atoms with E-state index in [9.17, 15) is 9.50 Å². The van der Waals surface area contributed by atoms with Gasteiger partial charge in [-0.15, -0.1) is 0 Å². The SMILES string of the molecule is OC1CCCN(c2nc(OC[C@@]34CCCN3C[C@H](F)C4)nc3c2COC2(CCCc4ccc(N=C(c5ccccc5)c5ccccc5)cc42)C3)CC1. The summed E-state index contributed by atoms with van der Waals surface area (Å²) in [5.74, 6) is 0.851. The molecule has 3 fully saturated rings. The van der Waals surface area contributed by atoms with Gasteiger partial charge in [-0.25, -0.2) is 9.38 Å². The maximum atomic E-state index is 14.6. The number of anilines is 1. The third-order valence-electron chi connectivity index (χ3n) is 12.2. The number of hydrogen-bond donors (Lipinski definition) is 1. The van der Waals surface area contributed by atoms with E-state index in [0.29, 0.717) is 51.6 Å². The summed E-state index contributed by atoms with van der Waals surface area (Å²) >= 11 is 0. The first kappa shape index (κ1) is 33.6. The van der Waals surface area contributed by atoms with Gasteiger partial charge in [-0.2, -0.15) is 9.97 Å². The molecular weight excluding hydrogens is 654 g/mol. The Bertz CT molecular complexity index is 1900. The Balaban J connectivity index is 1.08. The van der Waals surface area contributed by atoms with Crippen molar-refractivity contribution in [1.82, 2.24) is 14.9 Å².